The van der Waals surface area contributed by atoms with E-state index in [2.05, 4.69) is 15.0 Å². The minimum absolute atomic E-state index is 0.148. The van der Waals surface area contributed by atoms with Gasteiger partial charge in [0.05, 0.1) is 22.2 Å². The molecule has 3 aromatic rings. The zero-order valence-electron chi connectivity index (χ0n) is 14.2. The summed E-state index contributed by atoms with van der Waals surface area (Å²) in [7, 11) is 0. The molecule has 0 saturated heterocycles. The van der Waals surface area contributed by atoms with Gasteiger partial charge in [-0.3, -0.25) is 4.79 Å². The SMILES string of the molecule is O=C(CCC1CC1)N1CCc2[nH]cnc2[C@H]1c1nc2cccc(F)c2s1. The molecule has 0 unspecified atom stereocenters. The fourth-order valence-corrected chi connectivity index (χ4v) is 4.81. The van der Waals surface area contributed by atoms with E-state index in [1.807, 2.05) is 11.0 Å². The van der Waals surface area contributed by atoms with Crippen molar-refractivity contribution in [1.82, 2.24) is 19.9 Å². The van der Waals surface area contributed by atoms with Crippen molar-refractivity contribution in [3.05, 3.63) is 46.7 Å². The first-order chi connectivity index (χ1) is 12.7. The van der Waals surface area contributed by atoms with Crippen molar-refractivity contribution in [2.45, 2.75) is 38.1 Å². The predicted octanol–water partition coefficient (Wildman–Crippen LogP) is 3.82. The molecule has 2 aromatic heterocycles. The zero-order valence-corrected chi connectivity index (χ0v) is 15.1. The van der Waals surface area contributed by atoms with E-state index in [0.29, 0.717) is 23.2 Å². The summed E-state index contributed by atoms with van der Waals surface area (Å²) in [4.78, 5) is 27.1. The molecule has 0 bridgehead atoms. The van der Waals surface area contributed by atoms with Crippen LogP contribution in [-0.2, 0) is 11.2 Å². The first-order valence-corrected chi connectivity index (χ1v) is 9.89. The maximum atomic E-state index is 14.1. The molecular formula is C19H19FN4OS. The van der Waals surface area contributed by atoms with Gasteiger partial charge in [-0.2, -0.15) is 0 Å². The monoisotopic (exact) mass is 370 g/mol. The normalized spacial score (nSPS) is 19.7. The molecule has 2 aliphatic rings. The van der Waals surface area contributed by atoms with Crippen LogP contribution in [0.5, 0.6) is 0 Å². The number of fused-ring (bicyclic) bond motifs is 2. The summed E-state index contributed by atoms with van der Waals surface area (Å²) in [5, 5.41) is 0.734. The van der Waals surface area contributed by atoms with Gasteiger partial charge in [-0.25, -0.2) is 14.4 Å². The van der Waals surface area contributed by atoms with Crippen LogP contribution in [0.3, 0.4) is 0 Å². The summed E-state index contributed by atoms with van der Waals surface area (Å²) in [5.74, 6) is 0.603. The van der Waals surface area contributed by atoms with Crippen molar-refractivity contribution in [2.75, 3.05) is 6.54 Å². The molecule has 0 spiro atoms. The number of carbonyl (C=O) groups is 1. The molecule has 7 heteroatoms. The first kappa shape index (κ1) is 15.9. The van der Waals surface area contributed by atoms with E-state index < -0.39 is 0 Å². The van der Waals surface area contributed by atoms with Gasteiger partial charge in [-0.15, -0.1) is 11.3 Å². The lowest BCUT2D eigenvalue weighted by Crippen LogP contribution is -2.40. The second-order valence-corrected chi connectivity index (χ2v) is 8.16. The highest BCUT2D eigenvalue weighted by Crippen LogP contribution is 2.39. The number of benzene rings is 1. The van der Waals surface area contributed by atoms with E-state index in [1.54, 1.807) is 12.4 Å². The summed E-state index contributed by atoms with van der Waals surface area (Å²) in [6.07, 6.45) is 6.46. The highest BCUT2D eigenvalue weighted by Gasteiger charge is 2.36. The molecule has 26 heavy (non-hydrogen) atoms. The fraction of sp³-hybridized carbons (Fsp3) is 0.421. The summed E-state index contributed by atoms with van der Waals surface area (Å²) in [6, 6.07) is 4.60. The topological polar surface area (TPSA) is 61.9 Å². The number of imidazole rings is 1. The van der Waals surface area contributed by atoms with Gasteiger partial charge in [0.15, 0.2) is 0 Å². The van der Waals surface area contributed by atoms with E-state index in [4.69, 9.17) is 0 Å². The van der Waals surface area contributed by atoms with Gasteiger partial charge in [0.25, 0.3) is 0 Å². The Hall–Kier alpha value is -2.28. The first-order valence-electron chi connectivity index (χ1n) is 9.07. The number of H-pyrrole nitrogens is 1. The van der Waals surface area contributed by atoms with Crippen LogP contribution in [0.25, 0.3) is 10.2 Å². The number of nitrogens with one attached hydrogen (secondary N) is 1. The third-order valence-corrected chi connectivity index (χ3v) is 6.46. The van der Waals surface area contributed by atoms with Gasteiger partial charge in [0.1, 0.15) is 16.9 Å². The molecule has 1 saturated carbocycles. The number of nitrogens with zero attached hydrogens (tertiary/aromatic N) is 3. The molecular weight excluding hydrogens is 351 g/mol. The molecule has 5 rings (SSSR count). The Labute approximate surface area is 154 Å². The maximum absolute atomic E-state index is 14.1. The van der Waals surface area contributed by atoms with Gasteiger partial charge < -0.3 is 9.88 Å². The standard InChI is InChI=1S/C19H19FN4OS/c20-12-2-1-3-14-18(12)26-19(23-14)17-16-13(21-10-22-16)8-9-24(17)15(25)7-6-11-4-5-11/h1-3,10-11,17H,4-9H2,(H,21,22)/t17-/m0/s1. The highest BCUT2D eigenvalue weighted by atomic mass is 32.1. The average molecular weight is 370 g/mol. The van der Waals surface area contributed by atoms with E-state index >= 15 is 0 Å². The number of thiazole rings is 1. The molecule has 1 aromatic carbocycles. The minimum atomic E-state index is -0.325. The smallest absolute Gasteiger partial charge is 0.223 e. The summed E-state index contributed by atoms with van der Waals surface area (Å²) in [5.41, 5.74) is 2.52. The Balaban J connectivity index is 1.54. The average Bonchev–Trinajstić information content (AvgIpc) is 3.17. The minimum Gasteiger partial charge on any atom is -0.348 e. The van der Waals surface area contributed by atoms with Crippen LogP contribution in [-0.4, -0.2) is 32.3 Å². The number of carbonyl (C=O) groups excluding carboxylic acids is 1. The van der Waals surface area contributed by atoms with Crippen LogP contribution in [0.2, 0.25) is 0 Å². The molecule has 1 aliphatic heterocycles. The summed E-state index contributed by atoms with van der Waals surface area (Å²) in [6.45, 7) is 0.641. The van der Waals surface area contributed by atoms with Crippen molar-refractivity contribution in [3.63, 3.8) is 0 Å². The quantitative estimate of drug-likeness (QED) is 0.759. The van der Waals surface area contributed by atoms with Crippen LogP contribution in [0.15, 0.2) is 24.5 Å². The Kier molecular flexibility index (Phi) is 3.77. The Bertz CT molecular complexity index is 977. The van der Waals surface area contributed by atoms with Gasteiger partial charge in [-0.05, 0) is 24.5 Å². The number of hydrogen-bond acceptors (Lipinski definition) is 4. The van der Waals surface area contributed by atoms with Crippen molar-refractivity contribution < 1.29 is 9.18 Å². The molecule has 1 amide bonds. The summed E-state index contributed by atoms with van der Waals surface area (Å²) >= 11 is 1.32. The molecule has 1 N–H and O–H groups in total. The number of hydrogen-bond donors (Lipinski definition) is 1. The lowest BCUT2D eigenvalue weighted by atomic mass is 10.0. The molecule has 0 radical (unpaired) electrons. The maximum Gasteiger partial charge on any atom is 0.223 e. The van der Waals surface area contributed by atoms with Crippen LogP contribution in [0, 0.1) is 11.7 Å². The molecule has 134 valence electrons. The molecule has 3 heterocycles. The Morgan fingerprint density at radius 3 is 3.08 bits per heavy atom. The number of rotatable bonds is 4. The lowest BCUT2D eigenvalue weighted by molar-refractivity contribution is -0.133. The third-order valence-electron chi connectivity index (χ3n) is 5.33. The van der Waals surface area contributed by atoms with E-state index in [-0.39, 0.29) is 17.8 Å². The second-order valence-electron chi connectivity index (χ2n) is 7.13. The third kappa shape index (κ3) is 2.70. The van der Waals surface area contributed by atoms with Crippen LogP contribution in [0.1, 0.15) is 48.1 Å². The number of halogens is 1. The second kappa shape index (κ2) is 6.16. The van der Waals surface area contributed by atoms with Crippen LogP contribution >= 0.6 is 11.3 Å². The zero-order chi connectivity index (χ0) is 17.7. The van der Waals surface area contributed by atoms with Gasteiger partial charge in [-0.1, -0.05) is 18.9 Å². The van der Waals surface area contributed by atoms with Crippen molar-refractivity contribution in [2.24, 2.45) is 5.92 Å². The number of amides is 1. The fourth-order valence-electron chi connectivity index (χ4n) is 3.72. The van der Waals surface area contributed by atoms with Gasteiger partial charge in [0.2, 0.25) is 5.91 Å². The Morgan fingerprint density at radius 1 is 1.38 bits per heavy atom. The Morgan fingerprint density at radius 2 is 2.27 bits per heavy atom. The molecule has 1 aliphatic carbocycles. The van der Waals surface area contributed by atoms with Gasteiger partial charge >= 0.3 is 0 Å². The molecule has 1 fully saturated rings. The largest absolute Gasteiger partial charge is 0.348 e. The van der Waals surface area contributed by atoms with Crippen LogP contribution in [0.4, 0.5) is 4.39 Å². The lowest BCUT2D eigenvalue weighted by Gasteiger charge is -2.33. The van der Waals surface area contributed by atoms with E-state index in [9.17, 15) is 9.18 Å². The molecule has 5 nitrogen and oxygen atoms in total. The van der Waals surface area contributed by atoms with Crippen molar-refractivity contribution >= 4 is 27.5 Å². The van der Waals surface area contributed by atoms with E-state index in [1.165, 1.54) is 30.2 Å². The van der Waals surface area contributed by atoms with E-state index in [0.717, 1.165) is 35.2 Å². The van der Waals surface area contributed by atoms with Gasteiger partial charge in [0, 0.05) is 25.1 Å². The highest BCUT2D eigenvalue weighted by molar-refractivity contribution is 7.18. The van der Waals surface area contributed by atoms with Crippen molar-refractivity contribution in [1.29, 1.82) is 0 Å². The van der Waals surface area contributed by atoms with Crippen molar-refractivity contribution in [3.8, 4) is 0 Å². The number of aromatic amines is 1. The number of aromatic nitrogens is 3. The van der Waals surface area contributed by atoms with Crippen LogP contribution < -0.4 is 0 Å². The summed E-state index contributed by atoms with van der Waals surface area (Å²) < 4.78 is 14.7. The predicted molar refractivity (Wildman–Crippen MR) is 97.4 cm³/mol. The molecule has 1 atom stereocenters.